The Hall–Kier alpha value is -1.17. The van der Waals surface area contributed by atoms with Gasteiger partial charge in [0.1, 0.15) is 5.82 Å². The molecule has 0 spiro atoms. The van der Waals surface area contributed by atoms with Crippen molar-refractivity contribution in [3.05, 3.63) is 34.5 Å². The van der Waals surface area contributed by atoms with Gasteiger partial charge in [-0.1, -0.05) is 6.07 Å². The maximum absolute atomic E-state index is 14.1. The number of carbonyl (C=O) groups excluding carboxylic acids is 1. The normalized spacial score (nSPS) is 23.7. The quantitative estimate of drug-likeness (QED) is 0.829. The van der Waals surface area contributed by atoms with E-state index in [0.717, 1.165) is 49.3 Å². The lowest BCUT2D eigenvalue weighted by molar-refractivity contribution is 0.0763. The molecule has 1 aromatic carbocycles. The van der Waals surface area contributed by atoms with Crippen LogP contribution in [-0.4, -0.2) is 37.0 Å². The molecule has 0 bridgehead atoms. The second kappa shape index (κ2) is 6.98. The second-order valence-corrected chi connectivity index (χ2v) is 7.77. The van der Waals surface area contributed by atoms with E-state index < -0.39 is 0 Å². The van der Waals surface area contributed by atoms with Crippen molar-refractivity contribution >= 4 is 39.7 Å². The Morgan fingerprint density at radius 3 is 2.54 bits per heavy atom. The molecule has 1 aromatic heterocycles. The second-order valence-electron chi connectivity index (χ2n) is 6.72. The Morgan fingerprint density at radius 1 is 1.25 bits per heavy atom. The number of nitrogens with one attached hydrogen (secondary N) is 1. The van der Waals surface area contributed by atoms with Gasteiger partial charge in [-0.15, -0.1) is 23.7 Å². The van der Waals surface area contributed by atoms with Gasteiger partial charge in [-0.05, 0) is 62.4 Å². The molecule has 1 amide bonds. The van der Waals surface area contributed by atoms with Crippen LogP contribution >= 0.6 is 23.7 Å². The number of carbonyl (C=O) groups is 1. The van der Waals surface area contributed by atoms with Gasteiger partial charge in [-0.3, -0.25) is 4.79 Å². The van der Waals surface area contributed by atoms with E-state index in [4.69, 9.17) is 0 Å². The lowest BCUT2D eigenvalue weighted by Gasteiger charge is -2.20. The third-order valence-corrected chi connectivity index (χ3v) is 6.65. The molecule has 2 atom stereocenters. The smallest absolute Gasteiger partial charge is 0.264 e. The fourth-order valence-electron chi connectivity index (χ4n) is 4.02. The van der Waals surface area contributed by atoms with Crippen molar-refractivity contribution in [2.75, 3.05) is 26.2 Å². The first-order chi connectivity index (χ1) is 11.1. The molecule has 2 aromatic rings. The first-order valence-electron chi connectivity index (χ1n) is 8.32. The van der Waals surface area contributed by atoms with Crippen LogP contribution in [-0.2, 0) is 0 Å². The number of likely N-dealkylation sites (tertiary alicyclic amines) is 1. The van der Waals surface area contributed by atoms with Crippen LogP contribution in [0.15, 0.2) is 18.2 Å². The molecule has 0 aliphatic carbocycles. The maximum atomic E-state index is 14.1. The predicted octanol–water partition coefficient (Wildman–Crippen LogP) is 3.84. The lowest BCUT2D eigenvalue weighted by atomic mass is 9.92. The molecule has 3 nitrogen and oxygen atoms in total. The van der Waals surface area contributed by atoms with Gasteiger partial charge in [-0.2, -0.15) is 0 Å². The molecule has 6 heteroatoms. The van der Waals surface area contributed by atoms with Crippen molar-refractivity contribution in [1.82, 2.24) is 10.2 Å². The number of fused-ring (bicyclic) bond motifs is 2. The van der Waals surface area contributed by atoms with Crippen LogP contribution in [0, 0.1) is 24.6 Å². The number of halogens is 2. The summed E-state index contributed by atoms with van der Waals surface area (Å²) in [6, 6.07) is 5.07. The van der Waals surface area contributed by atoms with Crippen LogP contribution in [0.3, 0.4) is 0 Å². The number of thiophene rings is 1. The van der Waals surface area contributed by atoms with Crippen molar-refractivity contribution in [1.29, 1.82) is 0 Å². The standard InChI is InChI=1S/C18H21FN2OS.ClH/c1-11-16-14(19)3-2-4-15(16)23-17(11)18(22)21-7-5-12-9-20-10-13(12)6-8-21;/h2-4,12-13,20H,5-10H2,1H3;1H/t12-,13+;. The molecular weight excluding hydrogens is 347 g/mol. The zero-order valence-corrected chi connectivity index (χ0v) is 15.3. The fraction of sp³-hybridized carbons (Fsp3) is 0.500. The minimum atomic E-state index is -0.230. The summed E-state index contributed by atoms with van der Waals surface area (Å²) < 4.78 is 14.9. The third kappa shape index (κ3) is 2.93. The lowest BCUT2D eigenvalue weighted by Crippen LogP contribution is -2.32. The molecule has 0 unspecified atom stereocenters. The number of hydrogen-bond acceptors (Lipinski definition) is 3. The third-order valence-electron chi connectivity index (χ3n) is 5.40. The molecule has 3 heterocycles. The average Bonchev–Trinajstić information content (AvgIpc) is 3.07. The van der Waals surface area contributed by atoms with E-state index in [0.29, 0.717) is 22.1 Å². The molecule has 0 saturated carbocycles. The number of hydrogen-bond donors (Lipinski definition) is 1. The molecular formula is C18H22ClFN2OS. The highest BCUT2D eigenvalue weighted by Gasteiger charge is 2.32. The van der Waals surface area contributed by atoms with Crippen LogP contribution in [0.5, 0.6) is 0 Å². The van der Waals surface area contributed by atoms with Gasteiger partial charge in [0.05, 0.1) is 4.88 Å². The molecule has 24 heavy (non-hydrogen) atoms. The number of benzene rings is 1. The molecule has 4 rings (SSSR count). The highest BCUT2D eigenvalue weighted by atomic mass is 35.5. The number of rotatable bonds is 1. The molecule has 1 N–H and O–H groups in total. The predicted molar refractivity (Wildman–Crippen MR) is 98.8 cm³/mol. The Bertz CT molecular complexity index is 749. The molecule has 0 radical (unpaired) electrons. The summed E-state index contributed by atoms with van der Waals surface area (Å²) in [4.78, 5) is 15.7. The maximum Gasteiger partial charge on any atom is 0.264 e. The Morgan fingerprint density at radius 2 is 1.92 bits per heavy atom. The van der Waals surface area contributed by atoms with Crippen LogP contribution in [0.2, 0.25) is 0 Å². The van der Waals surface area contributed by atoms with Crippen molar-refractivity contribution in [2.24, 2.45) is 11.8 Å². The Balaban J connectivity index is 0.00000169. The van der Waals surface area contributed by atoms with Gasteiger partial charge in [0.15, 0.2) is 0 Å². The first kappa shape index (κ1) is 17.6. The van der Waals surface area contributed by atoms with E-state index in [2.05, 4.69) is 5.32 Å². The topological polar surface area (TPSA) is 32.3 Å². The molecule has 130 valence electrons. The van der Waals surface area contributed by atoms with E-state index in [-0.39, 0.29) is 24.1 Å². The first-order valence-corrected chi connectivity index (χ1v) is 9.14. The summed E-state index contributed by atoms with van der Waals surface area (Å²) >= 11 is 1.42. The number of nitrogens with zero attached hydrogens (tertiary/aromatic N) is 1. The zero-order chi connectivity index (χ0) is 16.0. The number of amides is 1. The van der Waals surface area contributed by atoms with Crippen molar-refractivity contribution in [3.63, 3.8) is 0 Å². The minimum absolute atomic E-state index is 0. The molecule has 2 aliphatic rings. The van der Waals surface area contributed by atoms with Crippen LogP contribution in [0.4, 0.5) is 4.39 Å². The summed E-state index contributed by atoms with van der Waals surface area (Å²) in [6.45, 7) is 5.67. The van der Waals surface area contributed by atoms with Gasteiger partial charge in [0, 0.05) is 23.2 Å². The van der Waals surface area contributed by atoms with Crippen LogP contribution in [0.25, 0.3) is 10.1 Å². The Kier molecular flexibility index (Phi) is 5.13. The van der Waals surface area contributed by atoms with E-state index in [1.807, 2.05) is 17.9 Å². The van der Waals surface area contributed by atoms with Crippen molar-refractivity contribution in [2.45, 2.75) is 19.8 Å². The summed E-state index contributed by atoms with van der Waals surface area (Å²) in [5.74, 6) is 1.25. The van der Waals surface area contributed by atoms with Gasteiger partial charge in [0.2, 0.25) is 0 Å². The SMILES string of the molecule is Cc1c(C(=O)N2CC[C@@H]3CNC[C@@H]3CC2)sc2cccc(F)c12.Cl. The molecule has 2 fully saturated rings. The van der Waals surface area contributed by atoms with E-state index >= 15 is 0 Å². The van der Waals surface area contributed by atoms with Gasteiger partial charge in [0.25, 0.3) is 5.91 Å². The highest BCUT2D eigenvalue weighted by molar-refractivity contribution is 7.21. The number of aryl methyl sites for hydroxylation is 1. The summed E-state index contributed by atoms with van der Waals surface area (Å²) in [6.07, 6.45) is 2.14. The summed E-state index contributed by atoms with van der Waals surface area (Å²) in [5, 5.41) is 4.07. The molecule has 2 aliphatic heterocycles. The fourth-order valence-corrected chi connectivity index (χ4v) is 5.21. The zero-order valence-electron chi connectivity index (χ0n) is 13.7. The van der Waals surface area contributed by atoms with E-state index in [9.17, 15) is 9.18 Å². The van der Waals surface area contributed by atoms with E-state index in [1.165, 1.54) is 17.4 Å². The average molecular weight is 369 g/mol. The van der Waals surface area contributed by atoms with Gasteiger partial charge >= 0.3 is 0 Å². The monoisotopic (exact) mass is 368 g/mol. The van der Waals surface area contributed by atoms with Crippen LogP contribution < -0.4 is 5.32 Å². The largest absolute Gasteiger partial charge is 0.338 e. The summed E-state index contributed by atoms with van der Waals surface area (Å²) in [5.41, 5.74) is 0.791. The molecule has 2 saturated heterocycles. The van der Waals surface area contributed by atoms with Gasteiger partial charge in [-0.25, -0.2) is 4.39 Å². The van der Waals surface area contributed by atoms with Crippen molar-refractivity contribution in [3.8, 4) is 0 Å². The van der Waals surface area contributed by atoms with E-state index in [1.54, 1.807) is 6.07 Å². The Labute approximate surface area is 151 Å². The minimum Gasteiger partial charge on any atom is -0.338 e. The van der Waals surface area contributed by atoms with Crippen molar-refractivity contribution < 1.29 is 9.18 Å². The highest BCUT2D eigenvalue weighted by Crippen LogP contribution is 2.34. The van der Waals surface area contributed by atoms with Crippen LogP contribution in [0.1, 0.15) is 28.1 Å². The summed E-state index contributed by atoms with van der Waals surface area (Å²) in [7, 11) is 0. The van der Waals surface area contributed by atoms with Gasteiger partial charge < -0.3 is 10.2 Å².